The van der Waals surface area contributed by atoms with Crippen LogP contribution in [0.2, 0.25) is 0 Å². The van der Waals surface area contributed by atoms with E-state index in [1.807, 2.05) is 17.5 Å². The Kier molecular flexibility index (Phi) is 5.55. The van der Waals surface area contributed by atoms with Crippen LogP contribution in [0.15, 0.2) is 76.4 Å². The van der Waals surface area contributed by atoms with Crippen LogP contribution in [0.25, 0.3) is 4.91 Å². The van der Waals surface area contributed by atoms with Crippen LogP contribution in [0.1, 0.15) is 16.2 Å². The average Bonchev–Trinajstić information content (AvgIpc) is 3.41. The molecule has 0 unspecified atom stereocenters. The molecule has 1 amide bonds. The van der Waals surface area contributed by atoms with Gasteiger partial charge >= 0.3 is 0 Å². The Labute approximate surface area is 172 Å². The fraction of sp³-hybridized carbons (Fsp3) is 0.190. The lowest BCUT2D eigenvalue weighted by Gasteiger charge is -2.26. The number of hydrogen-bond acceptors (Lipinski definition) is 6. The van der Waals surface area contributed by atoms with Gasteiger partial charge in [-0.05, 0) is 29.1 Å². The maximum absolute atomic E-state index is 13.5. The van der Waals surface area contributed by atoms with Gasteiger partial charge in [-0.2, -0.15) is 0 Å². The highest BCUT2D eigenvalue weighted by atomic mass is 32.2. The maximum atomic E-state index is 13.5. The monoisotopic (exact) mass is 429 g/mol. The van der Waals surface area contributed by atoms with E-state index >= 15 is 0 Å². The topological polar surface area (TPSA) is 76.8 Å². The fourth-order valence-electron chi connectivity index (χ4n) is 3.15. The minimum atomic E-state index is -3.64. The number of ether oxygens (including phenoxy) is 1. The van der Waals surface area contributed by atoms with Crippen LogP contribution in [0.4, 0.5) is 0 Å². The van der Waals surface area contributed by atoms with E-state index in [1.165, 1.54) is 11.3 Å². The SMILES string of the molecule is O=C(C1=C(c2ccccc2)S(=O)(=O)CCO1)N(Cc1ccco1)Cc1cccs1. The Balaban J connectivity index is 1.76. The Morgan fingerprint density at radius 3 is 2.55 bits per heavy atom. The largest absolute Gasteiger partial charge is 0.486 e. The first kappa shape index (κ1) is 19.5. The van der Waals surface area contributed by atoms with E-state index in [0.29, 0.717) is 17.9 Å². The van der Waals surface area contributed by atoms with Gasteiger partial charge in [0, 0.05) is 4.88 Å². The van der Waals surface area contributed by atoms with Crippen molar-refractivity contribution in [3.8, 4) is 0 Å². The molecule has 6 nitrogen and oxygen atoms in total. The first-order valence-electron chi connectivity index (χ1n) is 9.04. The van der Waals surface area contributed by atoms with Gasteiger partial charge in [0.2, 0.25) is 5.76 Å². The summed E-state index contributed by atoms with van der Waals surface area (Å²) in [4.78, 5) is 15.9. The van der Waals surface area contributed by atoms with Crippen LogP contribution in [-0.2, 0) is 32.5 Å². The van der Waals surface area contributed by atoms with E-state index < -0.39 is 15.7 Å². The van der Waals surface area contributed by atoms with Gasteiger partial charge < -0.3 is 14.1 Å². The molecule has 0 saturated heterocycles. The van der Waals surface area contributed by atoms with Crippen LogP contribution in [-0.4, -0.2) is 31.6 Å². The second kappa shape index (κ2) is 8.26. The highest BCUT2D eigenvalue weighted by Crippen LogP contribution is 2.31. The number of thiophene rings is 1. The lowest BCUT2D eigenvalue weighted by atomic mass is 10.2. The summed E-state index contributed by atoms with van der Waals surface area (Å²) in [5.41, 5.74) is 0.449. The number of rotatable bonds is 6. The first-order valence-corrected chi connectivity index (χ1v) is 11.6. The molecule has 2 aromatic heterocycles. The summed E-state index contributed by atoms with van der Waals surface area (Å²) in [7, 11) is -3.64. The molecule has 0 aliphatic carbocycles. The second-order valence-electron chi connectivity index (χ2n) is 6.51. The summed E-state index contributed by atoms with van der Waals surface area (Å²) in [6.45, 7) is 0.484. The van der Waals surface area contributed by atoms with Crippen LogP contribution in [0.3, 0.4) is 0 Å². The van der Waals surface area contributed by atoms with Gasteiger partial charge in [-0.1, -0.05) is 36.4 Å². The molecule has 8 heteroatoms. The Morgan fingerprint density at radius 1 is 1.03 bits per heavy atom. The van der Waals surface area contributed by atoms with E-state index in [1.54, 1.807) is 53.6 Å². The molecule has 4 rings (SSSR count). The maximum Gasteiger partial charge on any atom is 0.291 e. The molecule has 1 aliphatic rings. The molecule has 150 valence electrons. The number of nitrogens with zero attached hydrogens (tertiary/aromatic N) is 1. The summed E-state index contributed by atoms with van der Waals surface area (Å²) < 4.78 is 36.7. The average molecular weight is 430 g/mol. The van der Waals surface area contributed by atoms with Gasteiger partial charge in [0.15, 0.2) is 9.84 Å². The number of amides is 1. The van der Waals surface area contributed by atoms with Crippen molar-refractivity contribution in [1.29, 1.82) is 0 Å². The molecular weight excluding hydrogens is 410 g/mol. The van der Waals surface area contributed by atoms with Crippen LogP contribution in [0.5, 0.6) is 0 Å². The van der Waals surface area contributed by atoms with E-state index in [-0.39, 0.29) is 29.6 Å². The van der Waals surface area contributed by atoms with Crippen molar-refractivity contribution in [1.82, 2.24) is 4.90 Å². The molecule has 0 N–H and O–H groups in total. The molecule has 3 heterocycles. The van der Waals surface area contributed by atoms with Gasteiger partial charge in [0.25, 0.3) is 5.91 Å². The van der Waals surface area contributed by atoms with E-state index in [4.69, 9.17) is 9.15 Å². The highest BCUT2D eigenvalue weighted by Gasteiger charge is 2.35. The molecule has 0 spiro atoms. The summed E-state index contributed by atoms with van der Waals surface area (Å²) >= 11 is 1.53. The first-order chi connectivity index (χ1) is 14.0. The van der Waals surface area contributed by atoms with Crippen molar-refractivity contribution in [2.45, 2.75) is 13.1 Å². The van der Waals surface area contributed by atoms with Crippen LogP contribution in [0, 0.1) is 0 Å². The minimum absolute atomic E-state index is 0.0483. The quantitative estimate of drug-likeness (QED) is 0.597. The van der Waals surface area contributed by atoms with E-state index in [9.17, 15) is 13.2 Å². The summed E-state index contributed by atoms with van der Waals surface area (Å²) in [5.74, 6) is -0.158. The van der Waals surface area contributed by atoms with Gasteiger partial charge in [-0.15, -0.1) is 11.3 Å². The van der Waals surface area contributed by atoms with Crippen LogP contribution < -0.4 is 0 Å². The minimum Gasteiger partial charge on any atom is -0.486 e. The van der Waals surface area contributed by atoms with Gasteiger partial charge in [-0.3, -0.25) is 4.79 Å². The summed E-state index contributed by atoms with van der Waals surface area (Å²) in [6, 6.07) is 16.0. The van der Waals surface area contributed by atoms with Crippen LogP contribution >= 0.6 is 11.3 Å². The zero-order valence-corrected chi connectivity index (χ0v) is 17.1. The number of hydrogen-bond donors (Lipinski definition) is 0. The predicted octanol–water partition coefficient (Wildman–Crippen LogP) is 3.68. The lowest BCUT2D eigenvalue weighted by molar-refractivity contribution is -0.132. The molecule has 0 saturated carbocycles. The lowest BCUT2D eigenvalue weighted by Crippen LogP contribution is -2.35. The Hall–Kier alpha value is -2.84. The van der Waals surface area contributed by atoms with Gasteiger partial charge in [0.1, 0.15) is 17.3 Å². The molecule has 0 radical (unpaired) electrons. The number of benzene rings is 1. The summed E-state index contributed by atoms with van der Waals surface area (Å²) in [5, 5.41) is 1.93. The number of furan rings is 1. The number of carbonyl (C=O) groups excluding carboxylic acids is 1. The van der Waals surface area contributed by atoms with Crippen molar-refractivity contribution >= 4 is 32.0 Å². The zero-order chi connectivity index (χ0) is 20.3. The molecule has 1 aromatic carbocycles. The molecule has 29 heavy (non-hydrogen) atoms. The standard InChI is InChI=1S/C21H19NO5S2/c23-21(22(14-17-8-4-10-26-17)15-18-9-5-12-28-18)19-20(16-6-2-1-3-7-16)29(24,25)13-11-27-19/h1-10,12H,11,13-15H2. The Bertz CT molecular complexity index is 1070. The molecular formula is C21H19NO5S2. The molecule has 0 atom stereocenters. The molecule has 0 bridgehead atoms. The number of carbonyl (C=O) groups is 1. The molecule has 0 fully saturated rings. The van der Waals surface area contributed by atoms with E-state index in [2.05, 4.69) is 0 Å². The second-order valence-corrected chi connectivity index (χ2v) is 9.59. The van der Waals surface area contributed by atoms with Crippen molar-refractivity contribution < 1.29 is 22.4 Å². The van der Waals surface area contributed by atoms with E-state index in [0.717, 1.165) is 4.88 Å². The fourth-order valence-corrected chi connectivity index (χ4v) is 5.30. The summed E-state index contributed by atoms with van der Waals surface area (Å²) in [6.07, 6.45) is 1.54. The molecule has 3 aromatic rings. The third kappa shape index (κ3) is 4.28. The molecule has 1 aliphatic heterocycles. The smallest absolute Gasteiger partial charge is 0.291 e. The Morgan fingerprint density at radius 2 is 1.86 bits per heavy atom. The van der Waals surface area contributed by atoms with Crippen molar-refractivity contribution in [2.75, 3.05) is 12.4 Å². The van der Waals surface area contributed by atoms with Gasteiger partial charge in [0.05, 0.1) is 25.1 Å². The number of sulfone groups is 1. The van der Waals surface area contributed by atoms with Gasteiger partial charge in [-0.25, -0.2) is 8.42 Å². The predicted molar refractivity (Wildman–Crippen MR) is 110 cm³/mol. The normalized spacial score (nSPS) is 15.7. The van der Waals surface area contributed by atoms with Crippen molar-refractivity contribution in [3.05, 3.63) is 88.2 Å². The highest BCUT2D eigenvalue weighted by molar-refractivity contribution is 8.00. The van der Waals surface area contributed by atoms with Crippen molar-refractivity contribution in [3.63, 3.8) is 0 Å². The third-order valence-corrected chi connectivity index (χ3v) is 7.10. The zero-order valence-electron chi connectivity index (χ0n) is 15.5. The third-order valence-electron chi connectivity index (χ3n) is 4.49. The van der Waals surface area contributed by atoms with Crippen molar-refractivity contribution in [2.24, 2.45) is 0 Å².